The molecule has 104 valence electrons. The summed E-state index contributed by atoms with van der Waals surface area (Å²) in [6, 6.07) is 9.10. The molecular weight excluding hydrogens is 236 g/mol. The first-order valence-electron chi connectivity index (χ1n) is 7.55. The van der Waals surface area contributed by atoms with Crippen molar-refractivity contribution in [3.05, 3.63) is 29.8 Å². The molecule has 0 radical (unpaired) electrons. The number of hydrogen-bond acceptors (Lipinski definition) is 3. The van der Waals surface area contributed by atoms with Crippen LogP contribution in [0, 0.1) is 0 Å². The SMILES string of the molecule is NCCC1CCCCN1CC1Cc2ccccc2O1. The van der Waals surface area contributed by atoms with E-state index >= 15 is 0 Å². The van der Waals surface area contributed by atoms with Crippen LogP contribution in [-0.2, 0) is 6.42 Å². The third-order valence-corrected chi connectivity index (χ3v) is 4.40. The van der Waals surface area contributed by atoms with Gasteiger partial charge in [-0.3, -0.25) is 4.90 Å². The maximum Gasteiger partial charge on any atom is 0.123 e. The van der Waals surface area contributed by atoms with Gasteiger partial charge in [-0.05, 0) is 44.0 Å². The van der Waals surface area contributed by atoms with Gasteiger partial charge in [0.2, 0.25) is 0 Å². The van der Waals surface area contributed by atoms with E-state index < -0.39 is 0 Å². The minimum atomic E-state index is 0.329. The Hall–Kier alpha value is -1.06. The first-order chi connectivity index (χ1) is 9.36. The van der Waals surface area contributed by atoms with Crippen molar-refractivity contribution in [3.63, 3.8) is 0 Å². The average molecular weight is 260 g/mol. The Bertz CT molecular complexity index is 394. The fraction of sp³-hybridized carbons (Fsp3) is 0.625. The van der Waals surface area contributed by atoms with Crippen molar-refractivity contribution in [2.45, 2.75) is 44.2 Å². The van der Waals surface area contributed by atoms with Gasteiger partial charge in [0, 0.05) is 19.0 Å². The Balaban J connectivity index is 1.60. The van der Waals surface area contributed by atoms with Crippen LogP contribution in [0.4, 0.5) is 0 Å². The number of fused-ring (bicyclic) bond motifs is 1. The minimum absolute atomic E-state index is 0.329. The van der Waals surface area contributed by atoms with Crippen molar-refractivity contribution in [1.29, 1.82) is 0 Å². The van der Waals surface area contributed by atoms with Crippen LogP contribution in [0.5, 0.6) is 5.75 Å². The van der Waals surface area contributed by atoms with Crippen molar-refractivity contribution >= 4 is 0 Å². The molecule has 3 heteroatoms. The molecule has 0 aromatic heterocycles. The highest BCUT2D eigenvalue weighted by Gasteiger charge is 2.28. The smallest absolute Gasteiger partial charge is 0.123 e. The minimum Gasteiger partial charge on any atom is -0.488 e. The fourth-order valence-electron chi connectivity index (χ4n) is 3.44. The number of ether oxygens (including phenoxy) is 1. The van der Waals surface area contributed by atoms with Crippen molar-refractivity contribution in [2.24, 2.45) is 5.73 Å². The lowest BCUT2D eigenvalue weighted by atomic mass is 9.98. The zero-order valence-electron chi connectivity index (χ0n) is 11.6. The highest BCUT2D eigenvalue weighted by Crippen LogP contribution is 2.29. The Morgan fingerprint density at radius 1 is 1.26 bits per heavy atom. The summed E-state index contributed by atoms with van der Waals surface area (Å²) in [5.41, 5.74) is 7.10. The Morgan fingerprint density at radius 2 is 2.16 bits per heavy atom. The summed E-state index contributed by atoms with van der Waals surface area (Å²) in [4.78, 5) is 2.60. The Kier molecular flexibility index (Phi) is 4.04. The van der Waals surface area contributed by atoms with Gasteiger partial charge in [-0.2, -0.15) is 0 Å². The summed E-state index contributed by atoms with van der Waals surface area (Å²) in [5, 5.41) is 0. The maximum atomic E-state index is 6.06. The standard InChI is InChI=1S/C16H24N2O/c17-9-8-14-6-3-4-10-18(14)12-15-11-13-5-1-2-7-16(13)19-15/h1-2,5,7,14-15H,3-4,6,8-12,17H2. The van der Waals surface area contributed by atoms with Gasteiger partial charge in [-0.25, -0.2) is 0 Å². The van der Waals surface area contributed by atoms with E-state index in [0.29, 0.717) is 12.1 Å². The van der Waals surface area contributed by atoms with Crippen molar-refractivity contribution in [2.75, 3.05) is 19.6 Å². The van der Waals surface area contributed by atoms with Gasteiger partial charge >= 0.3 is 0 Å². The molecule has 2 aliphatic rings. The molecule has 0 saturated carbocycles. The first kappa shape index (κ1) is 12.9. The number of nitrogens with two attached hydrogens (primary N) is 1. The Morgan fingerprint density at radius 3 is 3.00 bits per heavy atom. The van der Waals surface area contributed by atoms with Crippen LogP contribution in [0.3, 0.4) is 0 Å². The van der Waals surface area contributed by atoms with Crippen molar-refractivity contribution < 1.29 is 4.74 Å². The van der Waals surface area contributed by atoms with Crippen LogP contribution >= 0.6 is 0 Å². The summed E-state index contributed by atoms with van der Waals surface area (Å²) in [6.07, 6.45) is 6.49. The molecule has 2 atom stereocenters. The van der Waals surface area contributed by atoms with E-state index in [1.807, 2.05) is 0 Å². The summed E-state index contributed by atoms with van der Waals surface area (Å²) in [5.74, 6) is 1.08. The molecule has 2 N–H and O–H groups in total. The van der Waals surface area contributed by atoms with E-state index in [9.17, 15) is 0 Å². The van der Waals surface area contributed by atoms with Crippen molar-refractivity contribution in [3.8, 4) is 5.75 Å². The second kappa shape index (κ2) is 5.93. The lowest BCUT2D eigenvalue weighted by molar-refractivity contribution is 0.0869. The predicted molar refractivity (Wildman–Crippen MR) is 77.4 cm³/mol. The molecule has 2 unspecified atom stereocenters. The number of benzene rings is 1. The number of nitrogens with zero attached hydrogens (tertiary/aromatic N) is 1. The molecule has 3 nitrogen and oxygen atoms in total. The second-order valence-electron chi connectivity index (χ2n) is 5.77. The molecule has 2 heterocycles. The normalized spacial score (nSPS) is 27.0. The van der Waals surface area contributed by atoms with Gasteiger partial charge in [-0.15, -0.1) is 0 Å². The van der Waals surface area contributed by atoms with E-state index in [0.717, 1.165) is 31.7 Å². The average Bonchev–Trinajstić information content (AvgIpc) is 2.83. The van der Waals surface area contributed by atoms with E-state index in [4.69, 9.17) is 10.5 Å². The zero-order chi connectivity index (χ0) is 13.1. The highest BCUT2D eigenvalue weighted by molar-refractivity contribution is 5.37. The fourth-order valence-corrected chi connectivity index (χ4v) is 3.44. The van der Waals surface area contributed by atoms with Gasteiger partial charge in [0.15, 0.2) is 0 Å². The van der Waals surface area contributed by atoms with Crippen molar-refractivity contribution in [1.82, 2.24) is 4.90 Å². The quantitative estimate of drug-likeness (QED) is 0.902. The third kappa shape index (κ3) is 2.93. The monoisotopic (exact) mass is 260 g/mol. The van der Waals surface area contributed by atoms with Gasteiger partial charge in [0.25, 0.3) is 0 Å². The van der Waals surface area contributed by atoms with Gasteiger partial charge in [0.1, 0.15) is 11.9 Å². The summed E-state index contributed by atoms with van der Waals surface area (Å²) in [7, 11) is 0. The maximum absolute atomic E-state index is 6.06. The van der Waals surface area contributed by atoms with Gasteiger partial charge in [-0.1, -0.05) is 24.6 Å². The van der Waals surface area contributed by atoms with E-state index in [2.05, 4.69) is 29.2 Å². The predicted octanol–water partition coefficient (Wildman–Crippen LogP) is 2.19. The molecule has 1 aromatic carbocycles. The lowest BCUT2D eigenvalue weighted by Gasteiger charge is -2.36. The molecule has 1 fully saturated rings. The molecule has 19 heavy (non-hydrogen) atoms. The van der Waals surface area contributed by atoms with Crippen LogP contribution in [0.25, 0.3) is 0 Å². The van der Waals surface area contributed by atoms with Gasteiger partial charge in [0.05, 0.1) is 0 Å². The number of piperidine rings is 1. The number of para-hydroxylation sites is 1. The lowest BCUT2D eigenvalue weighted by Crippen LogP contribution is -2.45. The number of likely N-dealkylation sites (tertiary alicyclic amines) is 1. The number of rotatable bonds is 4. The third-order valence-electron chi connectivity index (χ3n) is 4.40. The summed E-state index contributed by atoms with van der Waals surface area (Å²) in [6.45, 7) is 3.06. The van der Waals surface area contributed by atoms with E-state index in [1.54, 1.807) is 0 Å². The topological polar surface area (TPSA) is 38.5 Å². The second-order valence-corrected chi connectivity index (χ2v) is 5.77. The molecule has 0 bridgehead atoms. The van der Waals surface area contributed by atoms with E-state index in [1.165, 1.54) is 31.4 Å². The highest BCUT2D eigenvalue weighted by atomic mass is 16.5. The molecule has 1 saturated heterocycles. The largest absolute Gasteiger partial charge is 0.488 e. The molecule has 3 rings (SSSR count). The van der Waals surface area contributed by atoms with Gasteiger partial charge < -0.3 is 10.5 Å². The molecular formula is C16H24N2O. The molecule has 0 spiro atoms. The van der Waals surface area contributed by atoms with Crippen LogP contribution in [0.1, 0.15) is 31.2 Å². The van der Waals surface area contributed by atoms with Crippen LogP contribution in [0.15, 0.2) is 24.3 Å². The first-order valence-corrected chi connectivity index (χ1v) is 7.55. The molecule has 0 aliphatic carbocycles. The number of hydrogen-bond donors (Lipinski definition) is 1. The summed E-state index contributed by atoms with van der Waals surface area (Å²) >= 11 is 0. The molecule has 1 aromatic rings. The Labute approximate surface area is 115 Å². The van der Waals surface area contributed by atoms with Crippen LogP contribution < -0.4 is 10.5 Å². The van der Waals surface area contributed by atoms with Crippen LogP contribution in [-0.4, -0.2) is 36.7 Å². The molecule has 2 aliphatic heterocycles. The molecule has 0 amide bonds. The van der Waals surface area contributed by atoms with Crippen LogP contribution in [0.2, 0.25) is 0 Å². The van der Waals surface area contributed by atoms with E-state index in [-0.39, 0.29) is 0 Å². The summed E-state index contributed by atoms with van der Waals surface area (Å²) < 4.78 is 6.06. The zero-order valence-corrected chi connectivity index (χ0v) is 11.6.